The highest BCUT2D eigenvalue weighted by molar-refractivity contribution is 5.50. The summed E-state index contributed by atoms with van der Waals surface area (Å²) in [6, 6.07) is 0. The van der Waals surface area contributed by atoms with Crippen molar-refractivity contribution in [3.63, 3.8) is 0 Å². The minimum absolute atomic E-state index is 0.0359. The van der Waals surface area contributed by atoms with Gasteiger partial charge in [-0.1, -0.05) is 33.6 Å². The van der Waals surface area contributed by atoms with Crippen LogP contribution in [0.25, 0.3) is 5.52 Å². The number of aromatic amines is 1. The number of aromatic nitrogens is 4. The number of H-pyrrole nitrogens is 1. The molecule has 1 saturated carbocycles. The van der Waals surface area contributed by atoms with Gasteiger partial charge in [0, 0.05) is 12.3 Å². The van der Waals surface area contributed by atoms with Crippen molar-refractivity contribution in [2.75, 3.05) is 0 Å². The molecule has 21 heavy (non-hydrogen) atoms. The molecule has 0 bridgehead atoms. The third-order valence-corrected chi connectivity index (χ3v) is 4.33. The summed E-state index contributed by atoms with van der Waals surface area (Å²) in [6.45, 7) is 6.36. The van der Waals surface area contributed by atoms with Crippen LogP contribution in [0.5, 0.6) is 0 Å². The molecule has 1 N–H and O–H groups in total. The van der Waals surface area contributed by atoms with Crippen LogP contribution >= 0.6 is 0 Å². The highest BCUT2D eigenvalue weighted by atomic mass is 16.1. The van der Waals surface area contributed by atoms with E-state index in [0.717, 1.165) is 43.0 Å². The van der Waals surface area contributed by atoms with Gasteiger partial charge in [-0.15, -0.1) is 0 Å². The second-order valence-electron chi connectivity index (χ2n) is 6.51. The Morgan fingerprint density at radius 2 is 2.05 bits per heavy atom. The van der Waals surface area contributed by atoms with Crippen molar-refractivity contribution in [3.05, 3.63) is 27.7 Å². The minimum Gasteiger partial charge on any atom is -0.307 e. The molecular weight excluding hydrogens is 264 g/mol. The zero-order valence-corrected chi connectivity index (χ0v) is 13.1. The van der Waals surface area contributed by atoms with Gasteiger partial charge in [0.1, 0.15) is 11.6 Å². The van der Waals surface area contributed by atoms with Gasteiger partial charge in [-0.2, -0.15) is 5.10 Å². The van der Waals surface area contributed by atoms with Gasteiger partial charge in [0.15, 0.2) is 5.52 Å². The van der Waals surface area contributed by atoms with Crippen molar-refractivity contribution in [1.29, 1.82) is 0 Å². The number of hydrogen-bond acceptors (Lipinski definition) is 3. The van der Waals surface area contributed by atoms with Gasteiger partial charge >= 0.3 is 0 Å². The highest BCUT2D eigenvalue weighted by Gasteiger charge is 2.22. The molecular formula is C16H24N4O. The molecule has 1 aliphatic rings. The molecule has 0 saturated heterocycles. The third-order valence-electron chi connectivity index (χ3n) is 4.33. The van der Waals surface area contributed by atoms with Gasteiger partial charge in [-0.25, -0.2) is 9.50 Å². The van der Waals surface area contributed by atoms with E-state index in [1.807, 2.05) is 11.4 Å². The standard InChI is InChI=1S/C16H24N4O/c1-4-12-14-16(21)18-15(11-7-5-6-8-11)19-20(14)13(17-12)9-10(2)3/h10-11H,4-9H2,1-3H3,(H,18,19,21). The first kappa shape index (κ1) is 14.3. The molecule has 5 nitrogen and oxygen atoms in total. The lowest BCUT2D eigenvalue weighted by molar-refractivity contribution is 0.587. The van der Waals surface area contributed by atoms with Crippen LogP contribution in [0.2, 0.25) is 0 Å². The molecule has 0 radical (unpaired) electrons. The van der Waals surface area contributed by atoms with Crippen molar-refractivity contribution in [1.82, 2.24) is 19.6 Å². The van der Waals surface area contributed by atoms with Crippen LogP contribution in [0.15, 0.2) is 4.79 Å². The molecule has 0 atom stereocenters. The maximum absolute atomic E-state index is 12.5. The fraction of sp³-hybridized carbons (Fsp3) is 0.688. The highest BCUT2D eigenvalue weighted by Crippen LogP contribution is 2.31. The normalized spacial score (nSPS) is 16.4. The molecule has 1 fully saturated rings. The van der Waals surface area contributed by atoms with E-state index in [9.17, 15) is 4.79 Å². The third kappa shape index (κ3) is 2.61. The Kier molecular flexibility index (Phi) is 3.83. The number of hydrogen-bond donors (Lipinski definition) is 1. The lowest BCUT2D eigenvalue weighted by Crippen LogP contribution is -2.19. The zero-order valence-electron chi connectivity index (χ0n) is 13.1. The molecule has 1 aliphatic carbocycles. The van der Waals surface area contributed by atoms with Crippen LogP contribution in [-0.2, 0) is 12.8 Å². The lowest BCUT2D eigenvalue weighted by atomic mass is 10.1. The fourth-order valence-electron chi connectivity index (χ4n) is 3.28. The second-order valence-corrected chi connectivity index (χ2v) is 6.51. The molecule has 5 heteroatoms. The van der Waals surface area contributed by atoms with Crippen LogP contribution in [0.3, 0.4) is 0 Å². The number of imidazole rings is 1. The summed E-state index contributed by atoms with van der Waals surface area (Å²) in [5, 5.41) is 4.74. The van der Waals surface area contributed by atoms with E-state index in [1.54, 1.807) is 0 Å². The van der Waals surface area contributed by atoms with Gasteiger partial charge in [-0.3, -0.25) is 4.79 Å². The average Bonchev–Trinajstić information content (AvgIpc) is 3.06. The number of fused-ring (bicyclic) bond motifs is 1. The summed E-state index contributed by atoms with van der Waals surface area (Å²) in [4.78, 5) is 20.1. The molecule has 114 valence electrons. The van der Waals surface area contributed by atoms with E-state index in [4.69, 9.17) is 5.10 Å². The van der Waals surface area contributed by atoms with E-state index < -0.39 is 0 Å². The average molecular weight is 288 g/mol. The van der Waals surface area contributed by atoms with Crippen molar-refractivity contribution in [3.8, 4) is 0 Å². The van der Waals surface area contributed by atoms with E-state index in [2.05, 4.69) is 23.8 Å². The van der Waals surface area contributed by atoms with Gasteiger partial charge < -0.3 is 4.98 Å². The van der Waals surface area contributed by atoms with Gasteiger partial charge in [0.25, 0.3) is 5.56 Å². The van der Waals surface area contributed by atoms with Gasteiger partial charge in [0.2, 0.25) is 0 Å². The first-order valence-corrected chi connectivity index (χ1v) is 8.10. The van der Waals surface area contributed by atoms with E-state index in [1.165, 1.54) is 12.8 Å². The minimum atomic E-state index is -0.0359. The molecule has 2 aromatic heterocycles. The number of aryl methyl sites for hydroxylation is 1. The molecule has 0 aromatic carbocycles. The molecule has 3 rings (SSSR count). The summed E-state index contributed by atoms with van der Waals surface area (Å²) in [7, 11) is 0. The van der Waals surface area contributed by atoms with Crippen LogP contribution in [0.4, 0.5) is 0 Å². The maximum Gasteiger partial charge on any atom is 0.277 e. The predicted octanol–water partition coefficient (Wildman–Crippen LogP) is 2.84. The zero-order chi connectivity index (χ0) is 15.0. The van der Waals surface area contributed by atoms with Crippen molar-refractivity contribution < 1.29 is 0 Å². The Morgan fingerprint density at radius 3 is 2.67 bits per heavy atom. The van der Waals surface area contributed by atoms with Gasteiger partial charge in [-0.05, 0) is 25.2 Å². The van der Waals surface area contributed by atoms with E-state index in [0.29, 0.717) is 17.4 Å². The quantitative estimate of drug-likeness (QED) is 0.941. The molecule has 2 heterocycles. The molecule has 2 aromatic rings. The molecule has 0 aliphatic heterocycles. The summed E-state index contributed by atoms with van der Waals surface area (Å²) in [5.74, 6) is 2.66. The Hall–Kier alpha value is -1.65. The van der Waals surface area contributed by atoms with Gasteiger partial charge in [0.05, 0.1) is 5.69 Å². The number of nitrogens with zero attached hydrogens (tertiary/aromatic N) is 3. The van der Waals surface area contributed by atoms with Crippen molar-refractivity contribution >= 4 is 5.52 Å². The summed E-state index contributed by atoms with van der Waals surface area (Å²) in [6.07, 6.45) is 6.33. The van der Waals surface area contributed by atoms with Crippen LogP contribution in [-0.4, -0.2) is 19.6 Å². The topological polar surface area (TPSA) is 63.1 Å². The SMILES string of the molecule is CCc1nc(CC(C)C)n2nc(C3CCCC3)[nH]c(=O)c12. The molecule has 0 spiro atoms. The summed E-state index contributed by atoms with van der Waals surface area (Å²) < 4.78 is 1.81. The Bertz CT molecular complexity index is 692. The largest absolute Gasteiger partial charge is 0.307 e. The second kappa shape index (κ2) is 5.62. The van der Waals surface area contributed by atoms with Crippen LogP contribution in [0.1, 0.15) is 69.7 Å². The smallest absolute Gasteiger partial charge is 0.277 e. The van der Waals surface area contributed by atoms with E-state index in [-0.39, 0.29) is 5.56 Å². The first-order valence-electron chi connectivity index (χ1n) is 8.10. The molecule has 0 amide bonds. The number of rotatable bonds is 4. The predicted molar refractivity (Wildman–Crippen MR) is 82.7 cm³/mol. The first-order chi connectivity index (χ1) is 10.1. The monoisotopic (exact) mass is 288 g/mol. The number of nitrogens with one attached hydrogen (secondary N) is 1. The Balaban J connectivity index is 2.16. The van der Waals surface area contributed by atoms with Crippen molar-refractivity contribution in [2.45, 2.75) is 65.2 Å². The van der Waals surface area contributed by atoms with Crippen molar-refractivity contribution in [2.24, 2.45) is 5.92 Å². The lowest BCUT2D eigenvalue weighted by Gasteiger charge is -2.09. The Morgan fingerprint density at radius 1 is 1.33 bits per heavy atom. The fourth-order valence-corrected chi connectivity index (χ4v) is 3.28. The maximum atomic E-state index is 12.5. The molecule has 0 unspecified atom stereocenters. The summed E-state index contributed by atoms with van der Waals surface area (Å²) in [5.41, 5.74) is 1.46. The van der Waals surface area contributed by atoms with Crippen LogP contribution in [0, 0.1) is 5.92 Å². The Labute approximate surface area is 124 Å². The van der Waals surface area contributed by atoms with E-state index >= 15 is 0 Å². The summed E-state index contributed by atoms with van der Waals surface area (Å²) >= 11 is 0. The van der Waals surface area contributed by atoms with Crippen LogP contribution < -0.4 is 5.56 Å².